The highest BCUT2D eigenvalue weighted by atomic mass is 16.6. The fraction of sp³-hybridized carbons (Fsp3) is 0.261. The van der Waals surface area contributed by atoms with Crippen LogP contribution in [-0.2, 0) is 9.53 Å². The van der Waals surface area contributed by atoms with Crippen molar-refractivity contribution >= 4 is 23.5 Å². The predicted molar refractivity (Wildman–Crippen MR) is 117 cm³/mol. The molecule has 0 bridgehead atoms. The maximum Gasteiger partial charge on any atom is 0.412 e. The van der Waals surface area contributed by atoms with E-state index in [9.17, 15) is 14.4 Å². The van der Waals surface area contributed by atoms with Crippen molar-refractivity contribution in [3.05, 3.63) is 71.8 Å². The second-order valence-corrected chi connectivity index (χ2v) is 6.92. The molecule has 2 aromatic carbocycles. The van der Waals surface area contributed by atoms with E-state index in [-0.39, 0.29) is 19.0 Å². The van der Waals surface area contributed by atoms with Crippen LogP contribution in [-0.4, -0.2) is 41.3 Å². The van der Waals surface area contributed by atoms with Crippen LogP contribution in [0.3, 0.4) is 0 Å². The third-order valence-electron chi connectivity index (χ3n) is 4.46. The second kappa shape index (κ2) is 12.2. The zero-order valence-electron chi connectivity index (χ0n) is 17.8. The standard InChI is InChI=1S/C23H26N2O7/c1-15(6-11-21(28)25-30)22(18-4-3-5-20(14-18)31-13-12-26)32-23(29)24-19-9-7-17(8-10-19)16(2)27/h3-11,14-15,22,26,30H,12-13H2,1-2H3,(H,24,29)(H,25,28)/b11-6+/t15-,22+/m1/s1. The van der Waals surface area contributed by atoms with Gasteiger partial charge in [-0.3, -0.25) is 20.1 Å². The number of nitrogens with one attached hydrogen (secondary N) is 2. The number of ketones is 1. The summed E-state index contributed by atoms with van der Waals surface area (Å²) >= 11 is 0. The maximum absolute atomic E-state index is 12.6. The number of carbonyl (C=O) groups excluding carboxylic acids is 3. The molecule has 2 aromatic rings. The Hall–Kier alpha value is -3.69. The molecule has 0 fully saturated rings. The van der Waals surface area contributed by atoms with Crippen molar-refractivity contribution in [1.82, 2.24) is 5.48 Å². The van der Waals surface area contributed by atoms with Crippen LogP contribution in [0.2, 0.25) is 0 Å². The fourth-order valence-electron chi connectivity index (χ4n) is 2.85. The molecule has 2 amide bonds. The first-order valence-corrected chi connectivity index (χ1v) is 9.88. The van der Waals surface area contributed by atoms with Gasteiger partial charge >= 0.3 is 6.09 Å². The lowest BCUT2D eigenvalue weighted by molar-refractivity contribution is -0.124. The van der Waals surface area contributed by atoms with E-state index in [0.29, 0.717) is 22.6 Å². The SMILES string of the molecule is CC(=O)c1ccc(NC(=O)O[C@H](c2cccc(OCCO)c2)[C@H](C)/C=C/C(=O)NO)cc1. The average Bonchev–Trinajstić information content (AvgIpc) is 2.79. The summed E-state index contributed by atoms with van der Waals surface area (Å²) in [4.78, 5) is 35.3. The van der Waals surface area contributed by atoms with E-state index < -0.39 is 24.0 Å². The van der Waals surface area contributed by atoms with Gasteiger partial charge in [-0.2, -0.15) is 0 Å². The first-order chi connectivity index (χ1) is 15.3. The summed E-state index contributed by atoms with van der Waals surface area (Å²) in [6.07, 6.45) is 1.09. The molecule has 9 heteroatoms. The molecule has 9 nitrogen and oxygen atoms in total. The maximum atomic E-state index is 12.6. The minimum Gasteiger partial charge on any atom is -0.491 e. The molecule has 2 atom stereocenters. The Balaban J connectivity index is 2.21. The number of rotatable bonds is 10. The highest BCUT2D eigenvalue weighted by Gasteiger charge is 2.23. The molecule has 0 aliphatic carbocycles. The highest BCUT2D eigenvalue weighted by molar-refractivity contribution is 5.95. The van der Waals surface area contributed by atoms with E-state index in [1.54, 1.807) is 55.5 Å². The number of ether oxygens (including phenoxy) is 2. The van der Waals surface area contributed by atoms with E-state index >= 15 is 0 Å². The molecular weight excluding hydrogens is 416 g/mol. The van der Waals surface area contributed by atoms with Gasteiger partial charge in [-0.1, -0.05) is 25.1 Å². The number of amides is 2. The first kappa shape index (κ1) is 24.6. The van der Waals surface area contributed by atoms with Crippen LogP contribution < -0.4 is 15.5 Å². The zero-order chi connectivity index (χ0) is 23.5. The Bertz CT molecular complexity index is 957. The van der Waals surface area contributed by atoms with Crippen molar-refractivity contribution in [1.29, 1.82) is 0 Å². The summed E-state index contributed by atoms with van der Waals surface area (Å²) in [6, 6.07) is 13.2. The van der Waals surface area contributed by atoms with Crippen LogP contribution in [0.1, 0.15) is 35.9 Å². The number of aliphatic hydroxyl groups excluding tert-OH is 1. The molecule has 4 N–H and O–H groups in total. The van der Waals surface area contributed by atoms with E-state index in [1.165, 1.54) is 18.5 Å². The van der Waals surface area contributed by atoms with Gasteiger partial charge in [0, 0.05) is 23.2 Å². The Kier molecular flexibility index (Phi) is 9.40. The number of Topliss-reactive ketones (excluding diaryl/α,β-unsaturated/α-hetero) is 1. The summed E-state index contributed by atoms with van der Waals surface area (Å²) < 4.78 is 11.1. The molecule has 0 aromatic heterocycles. The third kappa shape index (κ3) is 7.53. The first-order valence-electron chi connectivity index (χ1n) is 9.88. The van der Waals surface area contributed by atoms with Gasteiger partial charge in [-0.25, -0.2) is 10.3 Å². The summed E-state index contributed by atoms with van der Waals surface area (Å²) in [6.45, 7) is 3.15. The molecule has 0 unspecified atom stereocenters. The number of benzene rings is 2. The van der Waals surface area contributed by atoms with Crippen LogP contribution in [0, 0.1) is 5.92 Å². The summed E-state index contributed by atoms with van der Waals surface area (Å²) in [5.74, 6) is -0.776. The summed E-state index contributed by atoms with van der Waals surface area (Å²) in [5.41, 5.74) is 3.07. The lowest BCUT2D eigenvalue weighted by Crippen LogP contribution is -2.22. The normalized spacial score (nSPS) is 12.6. The van der Waals surface area contributed by atoms with E-state index in [1.807, 2.05) is 0 Å². The van der Waals surface area contributed by atoms with Gasteiger partial charge in [0.15, 0.2) is 5.78 Å². The lowest BCUT2D eigenvalue weighted by Gasteiger charge is -2.23. The number of hydroxylamine groups is 1. The van der Waals surface area contributed by atoms with Gasteiger partial charge in [-0.05, 0) is 48.9 Å². The molecular formula is C23H26N2O7. The molecule has 32 heavy (non-hydrogen) atoms. The Morgan fingerprint density at radius 2 is 1.84 bits per heavy atom. The minimum atomic E-state index is -0.799. The molecule has 0 aliphatic rings. The van der Waals surface area contributed by atoms with Gasteiger partial charge in [0.1, 0.15) is 18.5 Å². The summed E-state index contributed by atoms with van der Waals surface area (Å²) in [5, 5.41) is 20.2. The Morgan fingerprint density at radius 1 is 1.12 bits per heavy atom. The van der Waals surface area contributed by atoms with Gasteiger partial charge < -0.3 is 14.6 Å². The number of carbonyl (C=O) groups is 3. The van der Waals surface area contributed by atoms with Crippen molar-refractivity contribution in [2.45, 2.75) is 20.0 Å². The predicted octanol–water partition coefficient (Wildman–Crippen LogP) is 3.25. The number of anilines is 1. The average molecular weight is 442 g/mol. The monoisotopic (exact) mass is 442 g/mol. The molecule has 0 heterocycles. The topological polar surface area (TPSA) is 134 Å². The van der Waals surface area contributed by atoms with Gasteiger partial charge in [0.25, 0.3) is 5.91 Å². The van der Waals surface area contributed by atoms with Crippen molar-refractivity contribution < 1.29 is 34.2 Å². The Labute approximate surface area is 185 Å². The molecule has 0 radical (unpaired) electrons. The molecule has 0 spiro atoms. The van der Waals surface area contributed by atoms with Crippen LogP contribution >= 0.6 is 0 Å². The van der Waals surface area contributed by atoms with Crippen molar-refractivity contribution in [3.8, 4) is 5.75 Å². The number of hydrogen-bond donors (Lipinski definition) is 4. The smallest absolute Gasteiger partial charge is 0.412 e. The molecule has 2 rings (SSSR count). The largest absolute Gasteiger partial charge is 0.491 e. The van der Waals surface area contributed by atoms with Gasteiger partial charge in [0.05, 0.1) is 6.61 Å². The molecule has 170 valence electrons. The van der Waals surface area contributed by atoms with E-state index in [4.69, 9.17) is 19.8 Å². The van der Waals surface area contributed by atoms with Crippen molar-refractivity contribution in [2.24, 2.45) is 5.92 Å². The molecule has 0 saturated carbocycles. The van der Waals surface area contributed by atoms with Crippen LogP contribution in [0.15, 0.2) is 60.7 Å². The van der Waals surface area contributed by atoms with Gasteiger partial charge in [-0.15, -0.1) is 0 Å². The Morgan fingerprint density at radius 3 is 2.47 bits per heavy atom. The zero-order valence-corrected chi connectivity index (χ0v) is 17.8. The van der Waals surface area contributed by atoms with Crippen LogP contribution in [0.5, 0.6) is 5.75 Å². The number of hydrogen-bond acceptors (Lipinski definition) is 7. The van der Waals surface area contributed by atoms with Gasteiger partial charge in [0.2, 0.25) is 0 Å². The third-order valence-corrected chi connectivity index (χ3v) is 4.46. The quantitative estimate of drug-likeness (QED) is 0.192. The second-order valence-electron chi connectivity index (χ2n) is 6.92. The van der Waals surface area contributed by atoms with E-state index in [2.05, 4.69) is 5.32 Å². The minimum absolute atomic E-state index is 0.0879. The molecule has 0 aliphatic heterocycles. The lowest BCUT2D eigenvalue weighted by atomic mass is 9.96. The molecule has 0 saturated heterocycles. The fourth-order valence-corrected chi connectivity index (χ4v) is 2.85. The van der Waals surface area contributed by atoms with Crippen molar-refractivity contribution in [2.75, 3.05) is 18.5 Å². The van der Waals surface area contributed by atoms with Crippen LogP contribution in [0.25, 0.3) is 0 Å². The highest BCUT2D eigenvalue weighted by Crippen LogP contribution is 2.30. The van der Waals surface area contributed by atoms with Crippen LogP contribution in [0.4, 0.5) is 10.5 Å². The summed E-state index contributed by atoms with van der Waals surface area (Å²) in [7, 11) is 0. The van der Waals surface area contributed by atoms with Crippen molar-refractivity contribution in [3.63, 3.8) is 0 Å². The van der Waals surface area contributed by atoms with E-state index in [0.717, 1.165) is 6.08 Å². The number of aliphatic hydroxyl groups is 1.